The van der Waals surface area contributed by atoms with E-state index in [9.17, 15) is 4.79 Å². The molecule has 0 aliphatic carbocycles. The number of halogens is 1. The van der Waals surface area contributed by atoms with Crippen molar-refractivity contribution < 1.29 is 4.79 Å². The molecule has 0 radical (unpaired) electrons. The van der Waals surface area contributed by atoms with Crippen molar-refractivity contribution in [3.63, 3.8) is 0 Å². The molecule has 0 saturated carbocycles. The fourth-order valence-corrected chi connectivity index (χ4v) is 2.31. The maximum Gasteiger partial charge on any atom is 0.198 e. The molecule has 1 heterocycles. The largest absolute Gasteiger partial charge is 0.383 e. The van der Waals surface area contributed by atoms with Crippen molar-refractivity contribution in [1.29, 1.82) is 0 Å². The Morgan fingerprint density at radius 3 is 2.36 bits per heavy atom. The minimum absolute atomic E-state index is 0.174. The molecule has 22 heavy (non-hydrogen) atoms. The van der Waals surface area contributed by atoms with E-state index < -0.39 is 0 Å². The summed E-state index contributed by atoms with van der Waals surface area (Å²) in [7, 11) is 0. The quantitative estimate of drug-likeness (QED) is 0.751. The van der Waals surface area contributed by atoms with Gasteiger partial charge < -0.3 is 5.73 Å². The van der Waals surface area contributed by atoms with Crippen LogP contribution in [0.5, 0.6) is 0 Å². The van der Waals surface area contributed by atoms with Crippen molar-refractivity contribution in [3.05, 3.63) is 76.4 Å². The summed E-state index contributed by atoms with van der Waals surface area (Å²) in [6, 6.07) is 14.5. The fraction of sp³-hybridized carbons (Fsp3) is 0.0588. The maximum atomic E-state index is 12.5. The molecule has 1 aromatic heterocycles. The number of aromatic nitrogens is 2. The van der Waals surface area contributed by atoms with E-state index in [-0.39, 0.29) is 5.78 Å². The average Bonchev–Trinajstić information content (AvgIpc) is 2.90. The Morgan fingerprint density at radius 2 is 1.73 bits per heavy atom. The van der Waals surface area contributed by atoms with Gasteiger partial charge in [0.05, 0.1) is 17.4 Å². The predicted molar refractivity (Wildman–Crippen MR) is 87.6 cm³/mol. The number of hydrogen-bond acceptors (Lipinski definition) is 3. The van der Waals surface area contributed by atoms with Gasteiger partial charge in [0.25, 0.3) is 0 Å². The Balaban J connectivity index is 1.98. The lowest BCUT2D eigenvalue weighted by Crippen LogP contribution is -2.07. The third-order valence-electron chi connectivity index (χ3n) is 3.44. The van der Waals surface area contributed by atoms with E-state index in [2.05, 4.69) is 5.10 Å². The van der Waals surface area contributed by atoms with Crippen molar-refractivity contribution in [3.8, 4) is 5.69 Å². The van der Waals surface area contributed by atoms with Gasteiger partial charge in [-0.2, -0.15) is 5.10 Å². The molecule has 0 spiro atoms. The highest BCUT2D eigenvalue weighted by Crippen LogP contribution is 2.21. The first-order chi connectivity index (χ1) is 10.6. The normalized spacial score (nSPS) is 10.6. The summed E-state index contributed by atoms with van der Waals surface area (Å²) < 4.78 is 1.56. The SMILES string of the molecule is Cc1ccc(-n2ncc(C(=O)c3ccc(Cl)cc3)c2N)cc1. The Bertz CT molecular complexity index is 820. The number of aryl methyl sites for hydroxylation is 1. The molecule has 110 valence electrons. The number of rotatable bonds is 3. The molecule has 2 N–H and O–H groups in total. The molecule has 0 bridgehead atoms. The summed E-state index contributed by atoms with van der Waals surface area (Å²) in [5, 5.41) is 4.81. The molecular weight excluding hydrogens is 298 g/mol. The molecular formula is C17H14ClN3O. The van der Waals surface area contributed by atoms with E-state index in [1.807, 2.05) is 31.2 Å². The highest BCUT2D eigenvalue weighted by Gasteiger charge is 2.17. The third kappa shape index (κ3) is 2.61. The first kappa shape index (κ1) is 14.4. The van der Waals surface area contributed by atoms with Crippen molar-refractivity contribution in [2.24, 2.45) is 0 Å². The molecule has 0 unspecified atom stereocenters. The minimum atomic E-state index is -0.174. The lowest BCUT2D eigenvalue weighted by molar-refractivity contribution is 0.103. The molecule has 0 aliphatic heterocycles. The summed E-state index contributed by atoms with van der Waals surface area (Å²) in [6.07, 6.45) is 1.49. The van der Waals surface area contributed by atoms with E-state index in [0.717, 1.165) is 11.3 Å². The number of benzene rings is 2. The molecule has 3 rings (SSSR count). The number of hydrogen-bond donors (Lipinski definition) is 1. The van der Waals surface area contributed by atoms with Crippen molar-refractivity contribution in [2.75, 3.05) is 5.73 Å². The van der Waals surface area contributed by atoms with Gasteiger partial charge >= 0.3 is 0 Å². The van der Waals surface area contributed by atoms with Gasteiger partial charge in [-0.1, -0.05) is 29.3 Å². The Labute approximate surface area is 133 Å². The standard InChI is InChI=1S/C17H14ClN3O/c1-11-2-8-14(9-3-11)21-17(19)15(10-20-21)16(22)12-4-6-13(18)7-5-12/h2-10H,19H2,1H3. The second-order valence-corrected chi connectivity index (χ2v) is 5.46. The summed E-state index contributed by atoms with van der Waals surface area (Å²) in [5.41, 5.74) is 8.96. The van der Waals surface area contributed by atoms with Crippen LogP contribution in [-0.2, 0) is 0 Å². The zero-order chi connectivity index (χ0) is 15.7. The van der Waals surface area contributed by atoms with Crippen LogP contribution in [0.15, 0.2) is 54.7 Å². The van der Waals surface area contributed by atoms with Gasteiger partial charge in [-0.25, -0.2) is 4.68 Å². The lowest BCUT2D eigenvalue weighted by atomic mass is 10.1. The molecule has 0 amide bonds. The van der Waals surface area contributed by atoms with Crippen LogP contribution in [-0.4, -0.2) is 15.6 Å². The van der Waals surface area contributed by atoms with Crippen LogP contribution in [0, 0.1) is 6.92 Å². The van der Waals surface area contributed by atoms with Gasteiger partial charge in [-0.3, -0.25) is 4.79 Å². The van der Waals surface area contributed by atoms with Crippen LogP contribution in [0.2, 0.25) is 5.02 Å². The fourth-order valence-electron chi connectivity index (χ4n) is 2.18. The second-order valence-electron chi connectivity index (χ2n) is 5.03. The number of carbonyl (C=O) groups excluding carboxylic acids is 1. The highest BCUT2D eigenvalue weighted by molar-refractivity contribution is 6.30. The average molecular weight is 312 g/mol. The van der Waals surface area contributed by atoms with E-state index >= 15 is 0 Å². The van der Waals surface area contributed by atoms with Crippen molar-refractivity contribution >= 4 is 23.2 Å². The van der Waals surface area contributed by atoms with Gasteiger partial charge in [-0.15, -0.1) is 0 Å². The van der Waals surface area contributed by atoms with Gasteiger partial charge in [0.15, 0.2) is 5.78 Å². The van der Waals surface area contributed by atoms with Gasteiger partial charge in [0.2, 0.25) is 0 Å². The first-order valence-corrected chi connectivity index (χ1v) is 7.15. The van der Waals surface area contributed by atoms with Crippen molar-refractivity contribution in [1.82, 2.24) is 9.78 Å². The third-order valence-corrected chi connectivity index (χ3v) is 3.69. The number of anilines is 1. The van der Waals surface area contributed by atoms with Crippen LogP contribution < -0.4 is 5.73 Å². The predicted octanol–water partition coefficient (Wildman–Crippen LogP) is 3.65. The molecule has 5 heteroatoms. The van der Waals surface area contributed by atoms with Gasteiger partial charge in [0, 0.05) is 10.6 Å². The molecule has 3 aromatic rings. The van der Waals surface area contributed by atoms with Crippen LogP contribution in [0.3, 0.4) is 0 Å². The summed E-state index contributed by atoms with van der Waals surface area (Å²) in [5.74, 6) is 0.149. The van der Waals surface area contributed by atoms with Gasteiger partial charge in [0.1, 0.15) is 5.82 Å². The molecule has 0 atom stereocenters. The van der Waals surface area contributed by atoms with E-state index in [0.29, 0.717) is 22.0 Å². The molecule has 2 aromatic carbocycles. The topological polar surface area (TPSA) is 60.9 Å². The number of ketones is 1. The number of carbonyl (C=O) groups is 1. The minimum Gasteiger partial charge on any atom is -0.383 e. The Hall–Kier alpha value is -2.59. The summed E-state index contributed by atoms with van der Waals surface area (Å²) in [4.78, 5) is 12.5. The highest BCUT2D eigenvalue weighted by atomic mass is 35.5. The summed E-state index contributed by atoms with van der Waals surface area (Å²) >= 11 is 5.84. The smallest absolute Gasteiger partial charge is 0.198 e. The van der Waals surface area contributed by atoms with E-state index in [1.165, 1.54) is 6.20 Å². The van der Waals surface area contributed by atoms with E-state index in [4.69, 9.17) is 17.3 Å². The van der Waals surface area contributed by atoms with E-state index in [1.54, 1.807) is 28.9 Å². The van der Waals surface area contributed by atoms with Gasteiger partial charge in [-0.05, 0) is 43.3 Å². The maximum absolute atomic E-state index is 12.5. The monoisotopic (exact) mass is 311 g/mol. The first-order valence-electron chi connectivity index (χ1n) is 6.77. The summed E-state index contributed by atoms with van der Waals surface area (Å²) in [6.45, 7) is 2.01. The zero-order valence-corrected chi connectivity index (χ0v) is 12.7. The molecule has 0 aliphatic rings. The number of nitrogens with two attached hydrogens (primary N) is 1. The molecule has 0 fully saturated rings. The zero-order valence-electron chi connectivity index (χ0n) is 12.0. The van der Waals surface area contributed by atoms with Crippen LogP contribution in [0.1, 0.15) is 21.5 Å². The number of nitrogen functional groups attached to an aromatic ring is 1. The second kappa shape index (κ2) is 5.66. The van der Waals surface area contributed by atoms with Crippen LogP contribution in [0.25, 0.3) is 5.69 Å². The van der Waals surface area contributed by atoms with Crippen LogP contribution >= 0.6 is 11.6 Å². The Kier molecular flexibility index (Phi) is 3.69. The Morgan fingerprint density at radius 1 is 1.09 bits per heavy atom. The van der Waals surface area contributed by atoms with Crippen LogP contribution in [0.4, 0.5) is 5.82 Å². The molecule has 4 nitrogen and oxygen atoms in total. The molecule has 0 saturated heterocycles. The van der Waals surface area contributed by atoms with Crippen molar-refractivity contribution in [2.45, 2.75) is 6.92 Å². The lowest BCUT2D eigenvalue weighted by Gasteiger charge is -2.05. The number of nitrogens with zero attached hydrogens (tertiary/aromatic N) is 2.